The zero-order chi connectivity index (χ0) is 9.68. The van der Waals surface area contributed by atoms with Crippen molar-refractivity contribution in [2.75, 3.05) is 7.11 Å². The van der Waals surface area contributed by atoms with E-state index >= 15 is 0 Å². The summed E-state index contributed by atoms with van der Waals surface area (Å²) in [7, 11) is 1.55. The van der Waals surface area contributed by atoms with Crippen LogP contribution in [-0.4, -0.2) is 12.9 Å². The van der Waals surface area contributed by atoms with E-state index in [1.165, 1.54) is 6.08 Å². The molecule has 0 saturated carbocycles. The van der Waals surface area contributed by atoms with Gasteiger partial charge in [0.1, 0.15) is 0 Å². The molecule has 0 radical (unpaired) electrons. The van der Waals surface area contributed by atoms with Crippen molar-refractivity contribution >= 4 is 5.78 Å². The fraction of sp³-hybridized carbons (Fsp3) is 0.182. The second kappa shape index (κ2) is 4.45. The Morgan fingerprint density at radius 2 is 1.92 bits per heavy atom. The molecule has 0 heterocycles. The Labute approximate surface area is 77.8 Å². The molecule has 0 unspecified atom stereocenters. The Hall–Kier alpha value is -1.57. The molecule has 0 amide bonds. The number of carbonyl (C=O) groups is 1. The van der Waals surface area contributed by atoms with Crippen molar-refractivity contribution in [2.45, 2.75) is 6.92 Å². The van der Waals surface area contributed by atoms with E-state index in [0.29, 0.717) is 11.3 Å². The molecule has 1 aromatic rings. The van der Waals surface area contributed by atoms with E-state index < -0.39 is 0 Å². The summed E-state index contributed by atoms with van der Waals surface area (Å²) < 4.78 is 4.88. The van der Waals surface area contributed by atoms with Gasteiger partial charge in [0.05, 0.1) is 12.9 Å². The number of carbonyl (C=O) groups excluding carboxylic acids is 1. The van der Waals surface area contributed by atoms with Crippen LogP contribution < -0.4 is 0 Å². The first kappa shape index (κ1) is 9.52. The Balaban J connectivity index is 2.81. The highest BCUT2D eigenvalue weighted by molar-refractivity contribution is 6.04. The van der Waals surface area contributed by atoms with Crippen molar-refractivity contribution in [3.05, 3.63) is 47.7 Å². The smallest absolute Gasteiger partial charge is 0.189 e. The summed E-state index contributed by atoms with van der Waals surface area (Å²) in [5.74, 6) is 0.591. The number of rotatable bonds is 3. The quantitative estimate of drug-likeness (QED) is 0.401. The molecular formula is C11H12O2. The van der Waals surface area contributed by atoms with Gasteiger partial charge in [0.25, 0.3) is 0 Å². The normalized spacial score (nSPS) is 11.1. The summed E-state index contributed by atoms with van der Waals surface area (Å²) in [4.78, 5) is 11.5. The van der Waals surface area contributed by atoms with Crippen molar-refractivity contribution < 1.29 is 9.53 Å². The van der Waals surface area contributed by atoms with E-state index in [1.807, 2.05) is 18.2 Å². The van der Waals surface area contributed by atoms with Gasteiger partial charge in [-0.25, -0.2) is 0 Å². The minimum Gasteiger partial charge on any atom is -0.501 e. The van der Waals surface area contributed by atoms with Gasteiger partial charge in [-0.15, -0.1) is 0 Å². The first-order chi connectivity index (χ1) is 6.24. The Bertz CT molecular complexity index is 312. The third kappa shape index (κ3) is 2.75. The predicted octanol–water partition coefficient (Wildman–Crippen LogP) is 2.42. The molecule has 2 nitrogen and oxygen atoms in total. The molecule has 68 valence electrons. The SMILES string of the molecule is CO/C(C)=C/C(=O)c1ccccc1. The largest absolute Gasteiger partial charge is 0.501 e. The number of hydrogen-bond donors (Lipinski definition) is 0. The highest BCUT2D eigenvalue weighted by atomic mass is 16.5. The van der Waals surface area contributed by atoms with Gasteiger partial charge in [0, 0.05) is 11.6 Å². The van der Waals surface area contributed by atoms with Gasteiger partial charge >= 0.3 is 0 Å². The molecule has 0 bridgehead atoms. The van der Waals surface area contributed by atoms with Crippen molar-refractivity contribution in [3.8, 4) is 0 Å². The number of ether oxygens (including phenoxy) is 1. The van der Waals surface area contributed by atoms with Crippen LogP contribution >= 0.6 is 0 Å². The van der Waals surface area contributed by atoms with Gasteiger partial charge in [-0.3, -0.25) is 4.79 Å². The number of ketones is 1. The zero-order valence-electron chi connectivity index (χ0n) is 7.78. The Kier molecular flexibility index (Phi) is 3.26. The summed E-state index contributed by atoms with van der Waals surface area (Å²) >= 11 is 0. The molecule has 0 aliphatic heterocycles. The van der Waals surface area contributed by atoms with Gasteiger partial charge in [0.2, 0.25) is 0 Å². The topological polar surface area (TPSA) is 26.3 Å². The van der Waals surface area contributed by atoms with Crippen molar-refractivity contribution in [1.29, 1.82) is 0 Å². The monoisotopic (exact) mass is 176 g/mol. The Morgan fingerprint density at radius 3 is 2.46 bits per heavy atom. The first-order valence-corrected chi connectivity index (χ1v) is 4.05. The summed E-state index contributed by atoms with van der Waals surface area (Å²) in [5.41, 5.74) is 0.680. The average Bonchev–Trinajstić information content (AvgIpc) is 2.19. The van der Waals surface area contributed by atoms with E-state index in [0.717, 1.165) is 0 Å². The molecule has 0 aromatic heterocycles. The molecule has 0 atom stereocenters. The molecule has 0 aliphatic rings. The molecule has 13 heavy (non-hydrogen) atoms. The molecule has 1 aromatic carbocycles. The maximum atomic E-state index is 11.5. The van der Waals surface area contributed by atoms with Gasteiger partial charge in [-0.1, -0.05) is 30.3 Å². The zero-order valence-corrected chi connectivity index (χ0v) is 7.78. The van der Waals surface area contributed by atoms with Crippen LogP contribution in [0.1, 0.15) is 17.3 Å². The molecular weight excluding hydrogens is 164 g/mol. The number of allylic oxidation sites excluding steroid dienone is 2. The van der Waals surface area contributed by atoms with E-state index in [9.17, 15) is 4.79 Å². The van der Waals surface area contributed by atoms with Crippen molar-refractivity contribution in [2.24, 2.45) is 0 Å². The third-order valence-electron chi connectivity index (χ3n) is 1.71. The molecule has 0 saturated heterocycles. The second-order valence-electron chi connectivity index (χ2n) is 2.69. The molecule has 0 aliphatic carbocycles. The first-order valence-electron chi connectivity index (χ1n) is 4.05. The fourth-order valence-corrected chi connectivity index (χ4v) is 0.929. The summed E-state index contributed by atoms with van der Waals surface area (Å²) in [6.07, 6.45) is 1.48. The van der Waals surface area contributed by atoms with E-state index in [1.54, 1.807) is 26.2 Å². The van der Waals surface area contributed by atoms with Gasteiger partial charge in [0.15, 0.2) is 5.78 Å². The molecule has 2 heteroatoms. The van der Waals surface area contributed by atoms with E-state index in [2.05, 4.69) is 0 Å². The lowest BCUT2D eigenvalue weighted by molar-refractivity contribution is 0.104. The van der Waals surface area contributed by atoms with Crippen LogP contribution in [0.2, 0.25) is 0 Å². The van der Waals surface area contributed by atoms with E-state index in [-0.39, 0.29) is 5.78 Å². The maximum Gasteiger partial charge on any atom is 0.189 e. The lowest BCUT2D eigenvalue weighted by Gasteiger charge is -1.98. The van der Waals surface area contributed by atoms with Crippen LogP contribution in [0.25, 0.3) is 0 Å². The standard InChI is InChI=1S/C11H12O2/c1-9(13-2)8-11(12)10-6-4-3-5-7-10/h3-8H,1-2H3/b9-8+. The summed E-state index contributed by atoms with van der Waals surface area (Å²) in [6, 6.07) is 9.11. The lowest BCUT2D eigenvalue weighted by Crippen LogP contribution is -1.95. The summed E-state index contributed by atoms with van der Waals surface area (Å²) in [5, 5.41) is 0. The van der Waals surface area contributed by atoms with Gasteiger partial charge in [-0.05, 0) is 6.92 Å². The van der Waals surface area contributed by atoms with Crippen LogP contribution in [0.5, 0.6) is 0 Å². The van der Waals surface area contributed by atoms with Gasteiger partial charge in [-0.2, -0.15) is 0 Å². The van der Waals surface area contributed by atoms with Crippen molar-refractivity contribution in [1.82, 2.24) is 0 Å². The average molecular weight is 176 g/mol. The maximum absolute atomic E-state index is 11.5. The molecule has 0 fully saturated rings. The van der Waals surface area contributed by atoms with Crippen LogP contribution in [0.3, 0.4) is 0 Å². The predicted molar refractivity (Wildman–Crippen MR) is 51.5 cm³/mol. The Morgan fingerprint density at radius 1 is 1.31 bits per heavy atom. The fourth-order valence-electron chi connectivity index (χ4n) is 0.929. The van der Waals surface area contributed by atoms with Crippen LogP contribution in [0, 0.1) is 0 Å². The summed E-state index contributed by atoms with van der Waals surface area (Å²) in [6.45, 7) is 1.75. The van der Waals surface area contributed by atoms with Crippen molar-refractivity contribution in [3.63, 3.8) is 0 Å². The van der Waals surface area contributed by atoms with Gasteiger partial charge < -0.3 is 4.74 Å². The highest BCUT2D eigenvalue weighted by Crippen LogP contribution is 2.03. The lowest BCUT2D eigenvalue weighted by atomic mass is 10.1. The number of benzene rings is 1. The molecule has 1 rings (SSSR count). The minimum atomic E-state index is -0.0278. The van der Waals surface area contributed by atoms with Crippen LogP contribution in [-0.2, 0) is 4.74 Å². The highest BCUT2D eigenvalue weighted by Gasteiger charge is 2.00. The number of hydrogen-bond acceptors (Lipinski definition) is 2. The van der Waals surface area contributed by atoms with E-state index in [4.69, 9.17) is 4.74 Å². The van der Waals surface area contributed by atoms with Crippen LogP contribution in [0.4, 0.5) is 0 Å². The minimum absolute atomic E-state index is 0.0278. The number of methoxy groups -OCH3 is 1. The second-order valence-corrected chi connectivity index (χ2v) is 2.69. The molecule has 0 N–H and O–H groups in total. The van der Waals surface area contributed by atoms with Crippen LogP contribution in [0.15, 0.2) is 42.2 Å². The molecule has 0 spiro atoms. The third-order valence-corrected chi connectivity index (χ3v) is 1.71.